The van der Waals surface area contributed by atoms with Crippen molar-refractivity contribution in [2.24, 2.45) is 0 Å². The summed E-state index contributed by atoms with van der Waals surface area (Å²) in [5.74, 6) is 1.00. The Labute approximate surface area is 117 Å². The van der Waals surface area contributed by atoms with Crippen molar-refractivity contribution in [3.8, 4) is 0 Å². The zero-order chi connectivity index (χ0) is 13.0. The van der Waals surface area contributed by atoms with E-state index in [9.17, 15) is 0 Å². The van der Waals surface area contributed by atoms with Crippen molar-refractivity contribution in [2.45, 2.75) is 25.8 Å². The molecule has 1 N–H and O–H groups in total. The Balaban J connectivity index is 1.90. The van der Waals surface area contributed by atoms with Crippen LogP contribution in [0.15, 0.2) is 41.0 Å². The lowest BCUT2D eigenvalue weighted by atomic mass is 10.1. The lowest BCUT2D eigenvalue weighted by molar-refractivity contribution is 0.495. The highest BCUT2D eigenvalue weighted by Crippen LogP contribution is 2.26. The summed E-state index contributed by atoms with van der Waals surface area (Å²) in [6, 6.07) is 9.60. The van der Waals surface area contributed by atoms with E-state index in [-0.39, 0.29) is 0 Å². The highest BCUT2D eigenvalue weighted by Gasteiger charge is 2.07. The fourth-order valence-corrected chi connectivity index (χ4v) is 2.10. The van der Waals surface area contributed by atoms with E-state index < -0.39 is 0 Å². The summed E-state index contributed by atoms with van der Waals surface area (Å²) in [6.45, 7) is 2.11. The van der Waals surface area contributed by atoms with E-state index in [2.05, 4.69) is 12.2 Å². The standard InChI is InChI=1S/C14H15Cl2NO/c1-10(4-6-12-3-2-8-18-12)17-14-9-11(15)5-7-13(14)16/h2-3,5,7-10,17H,4,6H2,1H3. The van der Waals surface area contributed by atoms with E-state index in [0.29, 0.717) is 16.1 Å². The van der Waals surface area contributed by atoms with Crippen molar-refractivity contribution < 1.29 is 4.42 Å². The Kier molecular flexibility index (Phi) is 4.56. The molecule has 0 aliphatic rings. The van der Waals surface area contributed by atoms with Gasteiger partial charge < -0.3 is 9.73 Å². The fraction of sp³-hybridized carbons (Fsp3) is 0.286. The van der Waals surface area contributed by atoms with Gasteiger partial charge in [0.25, 0.3) is 0 Å². The first-order valence-corrected chi connectivity index (χ1v) is 6.64. The molecule has 96 valence electrons. The minimum absolute atomic E-state index is 0.297. The smallest absolute Gasteiger partial charge is 0.103 e. The second-order valence-corrected chi connectivity index (χ2v) is 5.13. The van der Waals surface area contributed by atoms with Crippen LogP contribution in [0.25, 0.3) is 0 Å². The van der Waals surface area contributed by atoms with Gasteiger partial charge in [0.2, 0.25) is 0 Å². The monoisotopic (exact) mass is 283 g/mol. The van der Waals surface area contributed by atoms with Crippen LogP contribution in [0.3, 0.4) is 0 Å². The van der Waals surface area contributed by atoms with Gasteiger partial charge in [-0.05, 0) is 43.7 Å². The van der Waals surface area contributed by atoms with E-state index in [0.717, 1.165) is 24.3 Å². The molecule has 0 amide bonds. The predicted octanol–water partition coefficient (Wildman–Crippen LogP) is 5.02. The summed E-state index contributed by atoms with van der Waals surface area (Å²) in [6.07, 6.45) is 3.57. The molecular formula is C14H15Cl2NO. The van der Waals surface area contributed by atoms with Gasteiger partial charge in [0.1, 0.15) is 5.76 Å². The Hall–Kier alpha value is -1.12. The molecular weight excluding hydrogens is 269 g/mol. The van der Waals surface area contributed by atoms with E-state index in [1.807, 2.05) is 18.2 Å². The summed E-state index contributed by atoms with van der Waals surface area (Å²) in [5, 5.41) is 4.72. The SMILES string of the molecule is CC(CCc1ccco1)Nc1cc(Cl)ccc1Cl. The molecule has 2 rings (SSSR count). The molecule has 1 atom stereocenters. The number of benzene rings is 1. The van der Waals surface area contributed by atoms with Gasteiger partial charge in [-0.2, -0.15) is 0 Å². The second kappa shape index (κ2) is 6.17. The molecule has 18 heavy (non-hydrogen) atoms. The van der Waals surface area contributed by atoms with E-state index in [4.69, 9.17) is 27.6 Å². The van der Waals surface area contributed by atoms with Gasteiger partial charge in [0.05, 0.1) is 17.0 Å². The number of anilines is 1. The van der Waals surface area contributed by atoms with Crippen LogP contribution >= 0.6 is 23.2 Å². The molecule has 0 fully saturated rings. The Bertz CT molecular complexity index is 497. The predicted molar refractivity (Wildman–Crippen MR) is 76.6 cm³/mol. The molecule has 1 unspecified atom stereocenters. The van der Waals surface area contributed by atoms with Crippen molar-refractivity contribution in [3.63, 3.8) is 0 Å². The molecule has 4 heteroatoms. The number of nitrogens with one attached hydrogen (secondary N) is 1. The Morgan fingerprint density at radius 1 is 1.28 bits per heavy atom. The Morgan fingerprint density at radius 2 is 2.11 bits per heavy atom. The minimum Gasteiger partial charge on any atom is -0.469 e. The molecule has 0 saturated heterocycles. The summed E-state index contributed by atoms with van der Waals surface area (Å²) in [4.78, 5) is 0. The van der Waals surface area contributed by atoms with Crippen molar-refractivity contribution in [3.05, 3.63) is 52.4 Å². The molecule has 0 aliphatic carbocycles. The first-order valence-electron chi connectivity index (χ1n) is 5.89. The fourth-order valence-electron chi connectivity index (χ4n) is 1.76. The van der Waals surface area contributed by atoms with Crippen molar-refractivity contribution >= 4 is 28.9 Å². The highest BCUT2D eigenvalue weighted by molar-refractivity contribution is 6.35. The van der Waals surface area contributed by atoms with Crippen LogP contribution in [0.4, 0.5) is 5.69 Å². The average molecular weight is 284 g/mol. The third kappa shape index (κ3) is 3.69. The van der Waals surface area contributed by atoms with Crippen LogP contribution in [-0.4, -0.2) is 6.04 Å². The third-order valence-corrected chi connectivity index (χ3v) is 3.30. The topological polar surface area (TPSA) is 25.2 Å². The number of furan rings is 1. The maximum Gasteiger partial charge on any atom is 0.103 e. The zero-order valence-corrected chi connectivity index (χ0v) is 11.6. The van der Waals surface area contributed by atoms with Gasteiger partial charge in [-0.1, -0.05) is 23.2 Å². The summed E-state index contributed by atoms with van der Waals surface area (Å²) < 4.78 is 5.30. The largest absolute Gasteiger partial charge is 0.469 e. The van der Waals surface area contributed by atoms with E-state index >= 15 is 0 Å². The molecule has 2 nitrogen and oxygen atoms in total. The lowest BCUT2D eigenvalue weighted by Crippen LogP contribution is -2.16. The molecule has 1 aromatic carbocycles. The van der Waals surface area contributed by atoms with Crippen LogP contribution in [0.5, 0.6) is 0 Å². The van der Waals surface area contributed by atoms with Crippen molar-refractivity contribution in [1.82, 2.24) is 0 Å². The normalized spacial score (nSPS) is 12.4. The first kappa shape index (κ1) is 13.3. The number of hydrogen-bond donors (Lipinski definition) is 1. The van der Waals surface area contributed by atoms with Crippen molar-refractivity contribution in [2.75, 3.05) is 5.32 Å². The van der Waals surface area contributed by atoms with Gasteiger partial charge in [0, 0.05) is 17.5 Å². The van der Waals surface area contributed by atoms with Gasteiger partial charge >= 0.3 is 0 Å². The Morgan fingerprint density at radius 3 is 2.83 bits per heavy atom. The molecule has 0 radical (unpaired) electrons. The van der Waals surface area contributed by atoms with Crippen LogP contribution in [-0.2, 0) is 6.42 Å². The van der Waals surface area contributed by atoms with E-state index in [1.54, 1.807) is 18.4 Å². The summed E-state index contributed by atoms with van der Waals surface area (Å²) >= 11 is 12.0. The summed E-state index contributed by atoms with van der Waals surface area (Å²) in [5.41, 5.74) is 0.871. The molecule has 0 spiro atoms. The molecule has 1 heterocycles. The van der Waals surface area contributed by atoms with Crippen LogP contribution in [0.1, 0.15) is 19.1 Å². The van der Waals surface area contributed by atoms with E-state index in [1.165, 1.54) is 0 Å². The van der Waals surface area contributed by atoms with Gasteiger partial charge in [-0.3, -0.25) is 0 Å². The second-order valence-electron chi connectivity index (χ2n) is 4.29. The van der Waals surface area contributed by atoms with Gasteiger partial charge in [-0.15, -0.1) is 0 Å². The lowest BCUT2D eigenvalue weighted by Gasteiger charge is -2.16. The number of rotatable bonds is 5. The van der Waals surface area contributed by atoms with Crippen LogP contribution < -0.4 is 5.32 Å². The molecule has 1 aromatic heterocycles. The molecule has 2 aromatic rings. The quantitative estimate of drug-likeness (QED) is 0.834. The van der Waals surface area contributed by atoms with Gasteiger partial charge in [0.15, 0.2) is 0 Å². The maximum absolute atomic E-state index is 6.10. The first-order chi connectivity index (χ1) is 8.65. The minimum atomic E-state index is 0.297. The van der Waals surface area contributed by atoms with Crippen LogP contribution in [0.2, 0.25) is 10.0 Å². The van der Waals surface area contributed by atoms with Crippen molar-refractivity contribution in [1.29, 1.82) is 0 Å². The summed E-state index contributed by atoms with van der Waals surface area (Å²) in [7, 11) is 0. The molecule has 0 bridgehead atoms. The zero-order valence-electron chi connectivity index (χ0n) is 10.1. The number of hydrogen-bond acceptors (Lipinski definition) is 2. The van der Waals surface area contributed by atoms with Crippen LogP contribution in [0, 0.1) is 0 Å². The van der Waals surface area contributed by atoms with Gasteiger partial charge in [-0.25, -0.2) is 0 Å². The average Bonchev–Trinajstić information content (AvgIpc) is 2.84. The third-order valence-electron chi connectivity index (χ3n) is 2.73. The molecule has 0 saturated carbocycles. The maximum atomic E-state index is 6.10. The number of aryl methyl sites for hydroxylation is 1. The molecule has 0 aliphatic heterocycles. The number of halogens is 2. The highest BCUT2D eigenvalue weighted by atomic mass is 35.5.